The number of fused-ring (bicyclic) bond motifs is 1. The van der Waals surface area contributed by atoms with Crippen LogP contribution in [0, 0.1) is 5.82 Å². The Balaban J connectivity index is 1.77. The molecule has 3 heterocycles. The number of carbonyl (C=O) groups excluding carboxylic acids is 1. The molecule has 1 amide bonds. The van der Waals surface area contributed by atoms with Crippen molar-refractivity contribution in [3.63, 3.8) is 0 Å². The fraction of sp³-hybridized carbons (Fsp3) is 0.111. The number of aromatic amines is 1. The fourth-order valence-corrected chi connectivity index (χ4v) is 3.05. The van der Waals surface area contributed by atoms with E-state index in [9.17, 15) is 9.18 Å². The normalized spacial score (nSPS) is 13.5. The first-order chi connectivity index (χ1) is 11.6. The summed E-state index contributed by atoms with van der Waals surface area (Å²) in [5.74, 6) is -0.492. The van der Waals surface area contributed by atoms with Crippen LogP contribution in [0.4, 0.5) is 4.39 Å². The molecule has 2 aromatic heterocycles. The minimum atomic E-state index is -0.419. The molecule has 0 saturated heterocycles. The summed E-state index contributed by atoms with van der Waals surface area (Å²) in [4.78, 5) is 19.4. The molecule has 120 valence electrons. The van der Waals surface area contributed by atoms with Crippen molar-refractivity contribution in [2.45, 2.75) is 6.42 Å². The highest BCUT2D eigenvalue weighted by Gasteiger charge is 2.20. The van der Waals surface area contributed by atoms with Crippen LogP contribution >= 0.6 is 11.6 Å². The average molecular weight is 342 g/mol. The van der Waals surface area contributed by atoms with Gasteiger partial charge in [0, 0.05) is 46.7 Å². The summed E-state index contributed by atoms with van der Waals surface area (Å²) in [5.41, 5.74) is 4.14. The van der Waals surface area contributed by atoms with E-state index in [2.05, 4.69) is 15.3 Å². The standard InChI is InChI=1S/C18H13ClFN3O/c19-11-1-2-12(14(20)8-11)17-7-10(3-5-21-17)16-9-13-15(23-16)4-6-22-18(13)24/h1-3,5,7-9,23H,4,6H2,(H,22,24). The first-order valence-corrected chi connectivity index (χ1v) is 7.91. The van der Waals surface area contributed by atoms with Crippen LogP contribution in [0.3, 0.4) is 0 Å². The second-order valence-corrected chi connectivity index (χ2v) is 6.07. The van der Waals surface area contributed by atoms with Gasteiger partial charge in [0.1, 0.15) is 5.82 Å². The monoisotopic (exact) mass is 341 g/mol. The summed E-state index contributed by atoms with van der Waals surface area (Å²) >= 11 is 5.80. The largest absolute Gasteiger partial charge is 0.358 e. The lowest BCUT2D eigenvalue weighted by molar-refractivity contribution is 0.0946. The summed E-state index contributed by atoms with van der Waals surface area (Å²) < 4.78 is 14.1. The van der Waals surface area contributed by atoms with Crippen LogP contribution in [-0.2, 0) is 6.42 Å². The Bertz CT molecular complexity index is 951. The number of hydrogen-bond donors (Lipinski definition) is 2. The molecule has 0 fully saturated rings. The molecule has 24 heavy (non-hydrogen) atoms. The van der Waals surface area contributed by atoms with Gasteiger partial charge in [0.25, 0.3) is 5.91 Å². The van der Waals surface area contributed by atoms with Crippen molar-refractivity contribution in [1.29, 1.82) is 0 Å². The molecule has 6 heteroatoms. The zero-order valence-electron chi connectivity index (χ0n) is 12.6. The van der Waals surface area contributed by atoms with Crippen LogP contribution in [0.2, 0.25) is 5.02 Å². The van der Waals surface area contributed by atoms with E-state index >= 15 is 0 Å². The topological polar surface area (TPSA) is 57.8 Å². The Morgan fingerprint density at radius 2 is 2.00 bits per heavy atom. The predicted octanol–water partition coefficient (Wildman–Crippen LogP) is 3.82. The maximum atomic E-state index is 14.1. The third-order valence-electron chi connectivity index (χ3n) is 4.08. The highest BCUT2D eigenvalue weighted by atomic mass is 35.5. The number of H-pyrrole nitrogens is 1. The molecule has 4 rings (SSSR count). The van der Waals surface area contributed by atoms with Crippen molar-refractivity contribution >= 4 is 17.5 Å². The van der Waals surface area contributed by atoms with Crippen LogP contribution in [0.1, 0.15) is 16.1 Å². The van der Waals surface area contributed by atoms with Crippen molar-refractivity contribution in [2.75, 3.05) is 6.54 Å². The van der Waals surface area contributed by atoms with E-state index in [1.165, 1.54) is 6.07 Å². The molecular weight excluding hydrogens is 329 g/mol. The van der Waals surface area contributed by atoms with E-state index in [1.54, 1.807) is 24.4 Å². The molecule has 1 aliphatic rings. The molecule has 0 saturated carbocycles. The first kappa shape index (κ1) is 14.9. The Morgan fingerprint density at radius 3 is 2.79 bits per heavy atom. The molecule has 0 unspecified atom stereocenters. The lowest BCUT2D eigenvalue weighted by Gasteiger charge is -2.11. The van der Waals surface area contributed by atoms with Gasteiger partial charge >= 0.3 is 0 Å². The zero-order valence-corrected chi connectivity index (χ0v) is 13.3. The Hall–Kier alpha value is -2.66. The van der Waals surface area contributed by atoms with Crippen LogP contribution in [0.25, 0.3) is 22.5 Å². The number of nitrogens with one attached hydrogen (secondary N) is 2. The first-order valence-electron chi connectivity index (χ1n) is 7.54. The molecule has 3 aromatic rings. The third kappa shape index (κ3) is 2.57. The van der Waals surface area contributed by atoms with Gasteiger partial charge < -0.3 is 10.3 Å². The summed E-state index contributed by atoms with van der Waals surface area (Å²) in [6.45, 7) is 0.628. The van der Waals surface area contributed by atoms with Crippen molar-refractivity contribution in [3.05, 3.63) is 64.7 Å². The summed E-state index contributed by atoms with van der Waals surface area (Å²) in [5, 5.41) is 3.16. The minimum absolute atomic E-state index is 0.0724. The van der Waals surface area contributed by atoms with Crippen LogP contribution in [0.15, 0.2) is 42.6 Å². The lowest BCUT2D eigenvalue weighted by Crippen LogP contribution is -2.31. The van der Waals surface area contributed by atoms with Crippen molar-refractivity contribution < 1.29 is 9.18 Å². The Kier molecular flexibility index (Phi) is 3.58. The smallest absolute Gasteiger partial charge is 0.253 e. The highest BCUT2D eigenvalue weighted by Crippen LogP contribution is 2.29. The second-order valence-electron chi connectivity index (χ2n) is 5.64. The average Bonchev–Trinajstić information content (AvgIpc) is 3.01. The van der Waals surface area contributed by atoms with Gasteiger partial charge in [-0.2, -0.15) is 0 Å². The molecule has 1 aliphatic heterocycles. The summed E-state index contributed by atoms with van der Waals surface area (Å²) in [7, 11) is 0. The van der Waals surface area contributed by atoms with Gasteiger partial charge in [-0.1, -0.05) is 11.6 Å². The number of hydrogen-bond acceptors (Lipinski definition) is 2. The van der Waals surface area contributed by atoms with Crippen LogP contribution in [0.5, 0.6) is 0 Å². The van der Waals surface area contributed by atoms with Gasteiger partial charge in [-0.15, -0.1) is 0 Å². The molecule has 1 aromatic carbocycles. The minimum Gasteiger partial charge on any atom is -0.358 e. The number of carbonyl (C=O) groups is 1. The number of nitrogens with zero attached hydrogens (tertiary/aromatic N) is 1. The van der Waals surface area contributed by atoms with Gasteiger partial charge in [0.2, 0.25) is 0 Å². The predicted molar refractivity (Wildman–Crippen MR) is 90.5 cm³/mol. The van der Waals surface area contributed by atoms with E-state index in [0.717, 1.165) is 23.4 Å². The maximum Gasteiger partial charge on any atom is 0.253 e. The SMILES string of the molecule is O=C1NCCc2[nH]c(-c3ccnc(-c4ccc(Cl)cc4F)c3)cc21. The van der Waals surface area contributed by atoms with Gasteiger partial charge in [0.05, 0.1) is 11.3 Å². The number of halogens is 2. The Labute approximate surface area is 142 Å². The second kappa shape index (κ2) is 5.76. The highest BCUT2D eigenvalue weighted by molar-refractivity contribution is 6.30. The summed E-state index contributed by atoms with van der Waals surface area (Å²) in [6, 6.07) is 9.95. The number of amides is 1. The van der Waals surface area contributed by atoms with Crippen LogP contribution in [-0.4, -0.2) is 22.4 Å². The van der Waals surface area contributed by atoms with E-state index in [1.807, 2.05) is 12.1 Å². The van der Waals surface area contributed by atoms with Crippen molar-refractivity contribution in [2.24, 2.45) is 0 Å². The van der Waals surface area contributed by atoms with Gasteiger partial charge in [-0.3, -0.25) is 9.78 Å². The molecule has 0 radical (unpaired) electrons. The van der Waals surface area contributed by atoms with E-state index in [-0.39, 0.29) is 5.91 Å². The van der Waals surface area contributed by atoms with Crippen LogP contribution < -0.4 is 5.32 Å². The lowest BCUT2D eigenvalue weighted by atomic mass is 10.1. The number of rotatable bonds is 2. The maximum absolute atomic E-state index is 14.1. The van der Waals surface area contributed by atoms with Crippen molar-refractivity contribution in [1.82, 2.24) is 15.3 Å². The molecule has 0 spiro atoms. The molecule has 4 nitrogen and oxygen atoms in total. The van der Waals surface area contributed by atoms with Gasteiger partial charge in [-0.05, 0) is 36.4 Å². The number of aromatic nitrogens is 2. The van der Waals surface area contributed by atoms with E-state index < -0.39 is 5.82 Å². The van der Waals surface area contributed by atoms with Gasteiger partial charge in [0.15, 0.2) is 0 Å². The summed E-state index contributed by atoms with van der Waals surface area (Å²) in [6.07, 6.45) is 2.39. The number of pyridine rings is 1. The quantitative estimate of drug-likeness (QED) is 0.744. The third-order valence-corrected chi connectivity index (χ3v) is 4.32. The molecule has 2 N–H and O–H groups in total. The zero-order chi connectivity index (χ0) is 16.7. The van der Waals surface area contributed by atoms with E-state index in [0.29, 0.717) is 28.4 Å². The van der Waals surface area contributed by atoms with Gasteiger partial charge in [-0.25, -0.2) is 4.39 Å². The molecular formula is C18H13ClFN3O. The number of benzene rings is 1. The molecule has 0 bridgehead atoms. The van der Waals surface area contributed by atoms with E-state index in [4.69, 9.17) is 11.6 Å². The fourth-order valence-electron chi connectivity index (χ4n) is 2.89. The molecule has 0 aliphatic carbocycles. The van der Waals surface area contributed by atoms with Crippen molar-refractivity contribution in [3.8, 4) is 22.5 Å². The molecule has 0 atom stereocenters. The Morgan fingerprint density at radius 1 is 1.12 bits per heavy atom.